The first-order valence-electron chi connectivity index (χ1n) is 8.77. The van der Waals surface area contributed by atoms with Crippen LogP contribution in [0.3, 0.4) is 0 Å². The van der Waals surface area contributed by atoms with Crippen LogP contribution in [0.25, 0.3) is 0 Å². The van der Waals surface area contributed by atoms with E-state index in [0.717, 1.165) is 15.4 Å². The molecule has 6 nitrogen and oxygen atoms in total. The van der Waals surface area contributed by atoms with Gasteiger partial charge in [-0.15, -0.1) is 0 Å². The van der Waals surface area contributed by atoms with Crippen molar-refractivity contribution in [2.75, 3.05) is 0 Å². The standard InChI is InChI=1S/C22H19NO5S/c1-13-20(9-7-18(14(2)24)21(13)25)28-12-15-4-3-5-16(10-15)29-17-6-8-19(22(26)27)23-11-17/h3-11,25H,12H2,1-2H3,(H,26,27). The number of hydrogen-bond donors (Lipinski definition) is 2. The number of ketones is 1. The minimum absolute atomic E-state index is 0.00548. The van der Waals surface area contributed by atoms with E-state index in [1.54, 1.807) is 25.1 Å². The Balaban J connectivity index is 1.69. The minimum atomic E-state index is -1.06. The Morgan fingerprint density at radius 1 is 1.10 bits per heavy atom. The summed E-state index contributed by atoms with van der Waals surface area (Å²) in [4.78, 5) is 28.1. The van der Waals surface area contributed by atoms with Gasteiger partial charge in [-0.05, 0) is 55.8 Å². The van der Waals surface area contributed by atoms with Crippen molar-refractivity contribution in [3.8, 4) is 11.5 Å². The first-order valence-corrected chi connectivity index (χ1v) is 9.59. The first kappa shape index (κ1) is 20.4. The van der Waals surface area contributed by atoms with Gasteiger partial charge in [-0.25, -0.2) is 9.78 Å². The predicted octanol–water partition coefficient (Wildman–Crippen LogP) is 4.73. The fourth-order valence-electron chi connectivity index (χ4n) is 2.69. The molecule has 1 heterocycles. The van der Waals surface area contributed by atoms with E-state index in [2.05, 4.69) is 4.98 Å². The van der Waals surface area contributed by atoms with E-state index in [4.69, 9.17) is 9.84 Å². The van der Waals surface area contributed by atoms with Gasteiger partial charge in [0.25, 0.3) is 0 Å². The molecule has 0 saturated carbocycles. The number of benzene rings is 2. The number of carbonyl (C=O) groups excluding carboxylic acids is 1. The molecule has 0 bridgehead atoms. The molecule has 1 aromatic heterocycles. The van der Waals surface area contributed by atoms with Gasteiger partial charge in [-0.3, -0.25) is 4.79 Å². The first-order chi connectivity index (χ1) is 13.8. The number of nitrogens with zero attached hydrogens (tertiary/aromatic N) is 1. The van der Waals surface area contributed by atoms with Crippen molar-refractivity contribution in [1.82, 2.24) is 4.98 Å². The van der Waals surface area contributed by atoms with Crippen molar-refractivity contribution in [2.45, 2.75) is 30.2 Å². The quantitative estimate of drug-likeness (QED) is 0.545. The summed E-state index contributed by atoms with van der Waals surface area (Å²) in [6.07, 6.45) is 1.53. The largest absolute Gasteiger partial charge is 0.507 e. The van der Waals surface area contributed by atoms with Crippen LogP contribution in [0.15, 0.2) is 64.5 Å². The maximum Gasteiger partial charge on any atom is 0.354 e. The van der Waals surface area contributed by atoms with E-state index < -0.39 is 5.97 Å². The fraction of sp³-hybridized carbons (Fsp3) is 0.136. The number of carboxylic acids is 1. The normalized spacial score (nSPS) is 10.6. The van der Waals surface area contributed by atoms with Gasteiger partial charge < -0.3 is 14.9 Å². The van der Waals surface area contributed by atoms with Crippen molar-refractivity contribution in [3.63, 3.8) is 0 Å². The predicted molar refractivity (Wildman–Crippen MR) is 109 cm³/mol. The van der Waals surface area contributed by atoms with Crippen LogP contribution in [-0.2, 0) is 6.61 Å². The van der Waals surface area contributed by atoms with Crippen molar-refractivity contribution in [3.05, 3.63) is 77.1 Å². The summed E-state index contributed by atoms with van der Waals surface area (Å²) in [5.74, 6) is -0.804. The maximum absolute atomic E-state index is 11.5. The number of Topliss-reactive ketones (excluding diaryl/α,β-unsaturated/α-hetero) is 1. The Morgan fingerprint density at radius 2 is 1.90 bits per heavy atom. The highest BCUT2D eigenvalue weighted by Gasteiger charge is 2.13. The number of rotatable bonds is 7. The third kappa shape index (κ3) is 4.94. The summed E-state index contributed by atoms with van der Waals surface area (Å²) >= 11 is 1.47. The lowest BCUT2D eigenvalue weighted by molar-refractivity contribution is 0.0690. The molecule has 0 atom stereocenters. The lowest BCUT2D eigenvalue weighted by Crippen LogP contribution is -2.00. The maximum atomic E-state index is 11.5. The lowest BCUT2D eigenvalue weighted by atomic mass is 10.1. The van der Waals surface area contributed by atoms with Crippen LogP contribution in [0.4, 0.5) is 0 Å². The second-order valence-electron chi connectivity index (χ2n) is 6.36. The van der Waals surface area contributed by atoms with E-state index in [9.17, 15) is 14.7 Å². The van der Waals surface area contributed by atoms with E-state index >= 15 is 0 Å². The van der Waals surface area contributed by atoms with Gasteiger partial charge in [-0.2, -0.15) is 0 Å². The van der Waals surface area contributed by atoms with Gasteiger partial charge in [0.15, 0.2) is 5.78 Å². The molecular formula is C22H19NO5S. The summed E-state index contributed by atoms with van der Waals surface area (Å²) in [6, 6.07) is 14.2. The van der Waals surface area contributed by atoms with Crippen LogP contribution >= 0.6 is 11.8 Å². The zero-order valence-corrected chi connectivity index (χ0v) is 16.7. The van der Waals surface area contributed by atoms with Gasteiger partial charge in [0.1, 0.15) is 23.8 Å². The molecule has 0 radical (unpaired) electrons. The highest BCUT2D eigenvalue weighted by molar-refractivity contribution is 7.99. The summed E-state index contributed by atoms with van der Waals surface area (Å²) in [7, 11) is 0. The highest BCUT2D eigenvalue weighted by Crippen LogP contribution is 2.32. The lowest BCUT2D eigenvalue weighted by Gasteiger charge is -2.13. The number of aromatic nitrogens is 1. The van der Waals surface area contributed by atoms with E-state index in [1.807, 2.05) is 24.3 Å². The number of aromatic hydroxyl groups is 1. The van der Waals surface area contributed by atoms with Gasteiger partial charge in [0.05, 0.1) is 5.56 Å². The molecule has 0 aliphatic rings. The average Bonchev–Trinajstić information content (AvgIpc) is 2.69. The number of ether oxygens (including phenoxy) is 1. The highest BCUT2D eigenvalue weighted by atomic mass is 32.2. The smallest absolute Gasteiger partial charge is 0.354 e. The molecule has 0 saturated heterocycles. The molecule has 3 rings (SSSR count). The summed E-state index contributed by atoms with van der Waals surface area (Å²) in [5.41, 5.74) is 1.73. The van der Waals surface area contributed by atoms with Crippen molar-refractivity contribution in [2.24, 2.45) is 0 Å². The Hall–Kier alpha value is -3.32. The van der Waals surface area contributed by atoms with E-state index in [-0.39, 0.29) is 22.8 Å². The van der Waals surface area contributed by atoms with Crippen LogP contribution in [-0.4, -0.2) is 26.9 Å². The van der Waals surface area contributed by atoms with Crippen molar-refractivity contribution < 1.29 is 24.5 Å². The zero-order chi connectivity index (χ0) is 21.0. The molecule has 2 aromatic carbocycles. The molecule has 148 valence electrons. The van der Waals surface area contributed by atoms with Crippen LogP contribution in [0.1, 0.15) is 38.9 Å². The molecule has 0 aliphatic carbocycles. The summed E-state index contributed by atoms with van der Waals surface area (Å²) < 4.78 is 5.83. The molecule has 3 aromatic rings. The molecule has 0 unspecified atom stereocenters. The van der Waals surface area contributed by atoms with E-state index in [0.29, 0.717) is 17.9 Å². The Morgan fingerprint density at radius 3 is 2.55 bits per heavy atom. The van der Waals surface area contributed by atoms with Crippen molar-refractivity contribution >= 4 is 23.5 Å². The minimum Gasteiger partial charge on any atom is -0.507 e. The number of aromatic carboxylic acids is 1. The number of hydrogen-bond acceptors (Lipinski definition) is 6. The van der Waals surface area contributed by atoms with Gasteiger partial charge in [0.2, 0.25) is 0 Å². The van der Waals surface area contributed by atoms with Gasteiger partial charge in [-0.1, -0.05) is 23.9 Å². The molecular weight excluding hydrogens is 390 g/mol. The molecule has 0 spiro atoms. The number of carbonyl (C=O) groups is 2. The number of carboxylic acid groups (broad SMARTS) is 1. The summed E-state index contributed by atoms with van der Waals surface area (Å²) in [5, 5.41) is 19.1. The third-order valence-electron chi connectivity index (χ3n) is 4.24. The molecule has 0 amide bonds. The van der Waals surface area contributed by atoms with Gasteiger partial charge in [0, 0.05) is 21.6 Å². The fourth-order valence-corrected chi connectivity index (χ4v) is 3.56. The third-order valence-corrected chi connectivity index (χ3v) is 5.21. The van der Waals surface area contributed by atoms with E-state index in [1.165, 1.54) is 30.9 Å². The zero-order valence-electron chi connectivity index (χ0n) is 15.9. The number of phenolic OH excluding ortho intramolecular Hbond substituents is 1. The molecule has 7 heteroatoms. The van der Waals surface area contributed by atoms with Gasteiger partial charge >= 0.3 is 5.97 Å². The summed E-state index contributed by atoms with van der Waals surface area (Å²) in [6.45, 7) is 3.41. The average molecular weight is 409 g/mol. The molecule has 2 N–H and O–H groups in total. The topological polar surface area (TPSA) is 96.7 Å². The van der Waals surface area contributed by atoms with Crippen LogP contribution in [0.2, 0.25) is 0 Å². The van der Waals surface area contributed by atoms with Crippen LogP contribution in [0, 0.1) is 6.92 Å². The second kappa shape index (κ2) is 8.79. The van der Waals surface area contributed by atoms with Crippen LogP contribution < -0.4 is 4.74 Å². The second-order valence-corrected chi connectivity index (χ2v) is 7.51. The Kier molecular flexibility index (Phi) is 6.19. The number of pyridine rings is 1. The van der Waals surface area contributed by atoms with Crippen LogP contribution in [0.5, 0.6) is 11.5 Å². The molecule has 0 aliphatic heterocycles. The SMILES string of the molecule is CC(=O)c1ccc(OCc2cccc(Sc3ccc(C(=O)O)nc3)c2)c(C)c1O. The molecule has 0 fully saturated rings. The molecule has 29 heavy (non-hydrogen) atoms. The monoisotopic (exact) mass is 409 g/mol. The Bertz CT molecular complexity index is 1060. The van der Waals surface area contributed by atoms with Crippen molar-refractivity contribution in [1.29, 1.82) is 0 Å². The number of phenols is 1. The Labute approximate surface area is 172 Å².